The van der Waals surface area contributed by atoms with E-state index in [1.165, 1.54) is 0 Å². The summed E-state index contributed by atoms with van der Waals surface area (Å²) in [7, 11) is 0. The Morgan fingerprint density at radius 1 is 0.964 bits per heavy atom. The van der Waals surface area contributed by atoms with Crippen LogP contribution in [0.2, 0.25) is 0 Å². The highest BCUT2D eigenvalue weighted by molar-refractivity contribution is 6.35. The van der Waals surface area contributed by atoms with Gasteiger partial charge in [-0.15, -0.1) is 0 Å². The summed E-state index contributed by atoms with van der Waals surface area (Å²) < 4.78 is 0. The molecule has 1 amide bonds. The van der Waals surface area contributed by atoms with Gasteiger partial charge in [-0.1, -0.05) is 36.4 Å². The number of carbonyl (C=O) groups is 1. The smallest absolute Gasteiger partial charge is 0.256 e. The second-order valence-electron chi connectivity index (χ2n) is 7.21. The summed E-state index contributed by atoms with van der Waals surface area (Å²) in [5.41, 5.74) is 8.44. The van der Waals surface area contributed by atoms with Gasteiger partial charge in [0.15, 0.2) is 0 Å². The predicted octanol–water partition coefficient (Wildman–Crippen LogP) is 5.34. The Balaban J connectivity index is 1.57. The molecule has 1 aliphatic heterocycles. The van der Waals surface area contributed by atoms with Crippen LogP contribution in [0, 0.1) is 13.8 Å². The number of H-pyrrole nitrogens is 1. The molecule has 2 N–H and O–H groups in total. The zero-order valence-electron chi connectivity index (χ0n) is 15.7. The average molecular weight is 365 g/mol. The summed E-state index contributed by atoms with van der Waals surface area (Å²) in [6.07, 6.45) is 1.93. The van der Waals surface area contributed by atoms with E-state index in [0.29, 0.717) is 5.57 Å². The highest BCUT2D eigenvalue weighted by atomic mass is 16.2. The van der Waals surface area contributed by atoms with Crippen molar-refractivity contribution >= 4 is 34.1 Å². The number of hydrogen-bond acceptors (Lipinski definition) is 2. The molecule has 0 spiro atoms. The first-order chi connectivity index (χ1) is 13.6. The fourth-order valence-corrected chi connectivity index (χ4v) is 3.77. The fraction of sp³-hybridized carbons (Fsp3) is 0.0833. The first-order valence-corrected chi connectivity index (χ1v) is 9.28. The minimum absolute atomic E-state index is 0.0785. The number of amides is 1. The van der Waals surface area contributed by atoms with Crippen LogP contribution in [0.25, 0.3) is 33.8 Å². The van der Waals surface area contributed by atoms with Gasteiger partial charge >= 0.3 is 0 Å². The summed E-state index contributed by atoms with van der Waals surface area (Å²) in [6.45, 7) is 4.05. The monoisotopic (exact) mass is 365 g/mol. The van der Waals surface area contributed by atoms with Crippen LogP contribution in [0.5, 0.6) is 0 Å². The lowest BCUT2D eigenvalue weighted by Crippen LogP contribution is -2.03. The number of aromatic nitrogens is 2. The van der Waals surface area contributed by atoms with Gasteiger partial charge in [-0.3, -0.25) is 4.79 Å². The first kappa shape index (κ1) is 16.5. The minimum atomic E-state index is -0.0785. The molecule has 0 aliphatic carbocycles. The van der Waals surface area contributed by atoms with Crippen molar-refractivity contribution in [3.8, 4) is 11.3 Å². The zero-order chi connectivity index (χ0) is 19.3. The largest absolute Gasteiger partial charge is 0.359 e. The van der Waals surface area contributed by atoms with Gasteiger partial charge in [0.25, 0.3) is 5.91 Å². The zero-order valence-corrected chi connectivity index (χ0v) is 15.7. The van der Waals surface area contributed by atoms with Gasteiger partial charge < -0.3 is 10.3 Å². The normalized spacial score (nSPS) is 14.5. The van der Waals surface area contributed by atoms with E-state index in [4.69, 9.17) is 4.98 Å². The van der Waals surface area contributed by atoms with Crippen molar-refractivity contribution in [2.45, 2.75) is 13.8 Å². The van der Waals surface area contributed by atoms with Crippen molar-refractivity contribution in [3.05, 3.63) is 83.2 Å². The molecule has 4 nitrogen and oxygen atoms in total. The Bertz CT molecular complexity index is 1280. The second-order valence-corrected chi connectivity index (χ2v) is 7.21. The molecule has 5 rings (SSSR count). The van der Waals surface area contributed by atoms with Gasteiger partial charge in [0.1, 0.15) is 0 Å². The molecule has 0 saturated heterocycles. The molecular formula is C24H19N3O. The molecule has 4 heteroatoms. The van der Waals surface area contributed by atoms with Crippen LogP contribution >= 0.6 is 0 Å². The van der Waals surface area contributed by atoms with E-state index in [0.717, 1.165) is 50.4 Å². The lowest BCUT2D eigenvalue weighted by atomic mass is 10.0. The van der Waals surface area contributed by atoms with E-state index < -0.39 is 0 Å². The van der Waals surface area contributed by atoms with Gasteiger partial charge in [-0.2, -0.15) is 0 Å². The van der Waals surface area contributed by atoms with Crippen molar-refractivity contribution in [1.29, 1.82) is 0 Å². The maximum Gasteiger partial charge on any atom is 0.256 e. The number of carbonyl (C=O) groups excluding carboxylic acids is 1. The molecule has 3 heterocycles. The summed E-state index contributed by atoms with van der Waals surface area (Å²) in [4.78, 5) is 20.6. The molecular weight excluding hydrogens is 346 g/mol. The summed E-state index contributed by atoms with van der Waals surface area (Å²) in [5, 5.41) is 4.11. The van der Waals surface area contributed by atoms with Crippen LogP contribution in [-0.2, 0) is 4.79 Å². The van der Waals surface area contributed by atoms with Crippen LogP contribution < -0.4 is 5.32 Å². The van der Waals surface area contributed by atoms with Crippen molar-refractivity contribution < 1.29 is 4.79 Å². The lowest BCUT2D eigenvalue weighted by Gasteiger charge is -2.06. The number of aryl methyl sites for hydroxylation is 2. The third-order valence-corrected chi connectivity index (χ3v) is 5.18. The third-order valence-electron chi connectivity index (χ3n) is 5.18. The van der Waals surface area contributed by atoms with Gasteiger partial charge in [0.2, 0.25) is 0 Å². The number of nitrogens with zero attached hydrogens (tertiary/aromatic N) is 1. The van der Waals surface area contributed by atoms with E-state index in [1.807, 2.05) is 62.4 Å². The fourth-order valence-electron chi connectivity index (χ4n) is 3.77. The number of anilines is 1. The molecule has 0 unspecified atom stereocenters. The standard InChI is InChI=1S/C24H19N3O/c1-14-11-15(2)25-22(14)13-19-18-9-7-17(12-23(18)27-24(19)28)21-10-8-16-5-3-4-6-20(16)26-21/h3-13,25H,1-2H3,(H,27,28)/b19-13-. The van der Waals surface area contributed by atoms with E-state index in [2.05, 4.69) is 28.5 Å². The number of pyridine rings is 1. The minimum Gasteiger partial charge on any atom is -0.359 e. The SMILES string of the molecule is Cc1cc(C)c(/C=C2\C(=O)Nc3cc(-c4ccc5ccccc5n4)ccc32)[nH]1. The molecule has 4 aromatic rings. The van der Waals surface area contributed by atoms with E-state index in [-0.39, 0.29) is 5.91 Å². The number of aromatic amines is 1. The summed E-state index contributed by atoms with van der Waals surface area (Å²) in [6, 6.07) is 20.2. The molecule has 2 aromatic carbocycles. The van der Waals surface area contributed by atoms with Crippen LogP contribution in [0.4, 0.5) is 5.69 Å². The Hall–Kier alpha value is -3.66. The molecule has 1 aliphatic rings. The molecule has 0 saturated carbocycles. The first-order valence-electron chi connectivity index (χ1n) is 9.28. The summed E-state index contributed by atoms with van der Waals surface area (Å²) in [5.74, 6) is -0.0785. The number of rotatable bonds is 2. The Morgan fingerprint density at radius 3 is 2.64 bits per heavy atom. The number of para-hydroxylation sites is 1. The maximum absolute atomic E-state index is 12.6. The molecule has 0 bridgehead atoms. The highest BCUT2D eigenvalue weighted by Gasteiger charge is 2.25. The molecule has 0 radical (unpaired) electrons. The lowest BCUT2D eigenvalue weighted by molar-refractivity contribution is -0.110. The quantitative estimate of drug-likeness (QED) is 0.471. The molecule has 2 aromatic heterocycles. The Labute approximate surface area is 162 Å². The van der Waals surface area contributed by atoms with Crippen molar-refractivity contribution in [3.63, 3.8) is 0 Å². The van der Waals surface area contributed by atoms with Crippen molar-refractivity contribution in [2.24, 2.45) is 0 Å². The van der Waals surface area contributed by atoms with E-state index in [1.54, 1.807) is 0 Å². The van der Waals surface area contributed by atoms with E-state index >= 15 is 0 Å². The topological polar surface area (TPSA) is 57.8 Å². The van der Waals surface area contributed by atoms with Crippen LogP contribution in [0.3, 0.4) is 0 Å². The second kappa shape index (κ2) is 6.20. The van der Waals surface area contributed by atoms with E-state index in [9.17, 15) is 4.79 Å². The van der Waals surface area contributed by atoms with Gasteiger partial charge in [0.05, 0.1) is 16.8 Å². The van der Waals surface area contributed by atoms with Gasteiger partial charge in [0, 0.05) is 33.6 Å². The number of nitrogens with one attached hydrogen (secondary N) is 2. The summed E-state index contributed by atoms with van der Waals surface area (Å²) >= 11 is 0. The Morgan fingerprint density at radius 2 is 1.82 bits per heavy atom. The number of hydrogen-bond donors (Lipinski definition) is 2. The number of benzene rings is 2. The highest BCUT2D eigenvalue weighted by Crippen LogP contribution is 2.36. The predicted molar refractivity (Wildman–Crippen MR) is 114 cm³/mol. The average Bonchev–Trinajstić information content (AvgIpc) is 3.19. The molecule has 0 atom stereocenters. The van der Waals surface area contributed by atoms with Crippen molar-refractivity contribution in [1.82, 2.24) is 9.97 Å². The van der Waals surface area contributed by atoms with Gasteiger partial charge in [-0.25, -0.2) is 4.98 Å². The van der Waals surface area contributed by atoms with Crippen LogP contribution in [0.15, 0.2) is 60.7 Å². The molecule has 136 valence electrons. The van der Waals surface area contributed by atoms with Crippen LogP contribution in [-0.4, -0.2) is 15.9 Å². The van der Waals surface area contributed by atoms with Crippen LogP contribution in [0.1, 0.15) is 22.5 Å². The van der Waals surface area contributed by atoms with Crippen molar-refractivity contribution in [2.75, 3.05) is 5.32 Å². The number of fused-ring (bicyclic) bond motifs is 2. The van der Waals surface area contributed by atoms with Gasteiger partial charge in [-0.05, 0) is 49.8 Å². The third kappa shape index (κ3) is 2.70. The molecule has 0 fully saturated rings. The maximum atomic E-state index is 12.6. The molecule has 28 heavy (non-hydrogen) atoms. The Kier molecular flexibility index (Phi) is 3.66.